The molecule has 1 heterocycles. The molecule has 1 aliphatic rings. The van der Waals surface area contributed by atoms with Crippen molar-refractivity contribution in [3.63, 3.8) is 0 Å². The molecular formula is C14H19N3OS. The molecule has 0 amide bonds. The average molecular weight is 277 g/mol. The molecule has 0 radical (unpaired) electrons. The number of thiocarbonyl (C=S) groups is 1. The summed E-state index contributed by atoms with van der Waals surface area (Å²) in [4.78, 5) is 2.32. The lowest BCUT2D eigenvalue weighted by molar-refractivity contribution is 0.122. The first-order valence-electron chi connectivity index (χ1n) is 6.41. The van der Waals surface area contributed by atoms with Crippen LogP contribution in [0.15, 0.2) is 36.5 Å². The molecule has 2 N–H and O–H groups in total. The standard InChI is InChI=1S/C14H19N3OS/c1-2-7-15-14(19)16-12-3-5-13(6-4-12)17-8-10-18-11-9-17/h2-7H,8-11H2,1H3,(H2,15,16,19). The van der Waals surface area contributed by atoms with Gasteiger partial charge in [0, 0.05) is 24.5 Å². The summed E-state index contributed by atoms with van der Waals surface area (Å²) in [6, 6.07) is 8.28. The summed E-state index contributed by atoms with van der Waals surface area (Å²) in [7, 11) is 0. The Hall–Kier alpha value is -1.59. The molecular weight excluding hydrogens is 258 g/mol. The largest absolute Gasteiger partial charge is 0.378 e. The number of benzene rings is 1. The first kappa shape index (κ1) is 13.8. The van der Waals surface area contributed by atoms with E-state index in [1.54, 1.807) is 6.20 Å². The number of rotatable bonds is 3. The Morgan fingerprint density at radius 3 is 2.58 bits per heavy atom. The van der Waals surface area contributed by atoms with Gasteiger partial charge in [0.1, 0.15) is 0 Å². The molecule has 1 aromatic rings. The molecule has 19 heavy (non-hydrogen) atoms. The minimum atomic E-state index is 0.595. The topological polar surface area (TPSA) is 36.5 Å². The van der Waals surface area contributed by atoms with E-state index in [1.165, 1.54) is 5.69 Å². The Balaban J connectivity index is 1.92. The molecule has 0 atom stereocenters. The highest BCUT2D eigenvalue weighted by molar-refractivity contribution is 7.80. The predicted molar refractivity (Wildman–Crippen MR) is 83.6 cm³/mol. The van der Waals surface area contributed by atoms with Crippen molar-refractivity contribution in [1.82, 2.24) is 5.32 Å². The predicted octanol–water partition coefficient (Wildman–Crippen LogP) is 2.34. The molecule has 0 bridgehead atoms. The molecule has 102 valence electrons. The summed E-state index contributed by atoms with van der Waals surface area (Å²) < 4.78 is 5.35. The van der Waals surface area contributed by atoms with Gasteiger partial charge in [0.2, 0.25) is 0 Å². The van der Waals surface area contributed by atoms with Crippen molar-refractivity contribution >= 4 is 28.7 Å². The number of hydrogen-bond acceptors (Lipinski definition) is 3. The Morgan fingerprint density at radius 1 is 1.26 bits per heavy atom. The number of nitrogens with zero attached hydrogens (tertiary/aromatic N) is 1. The molecule has 5 heteroatoms. The van der Waals surface area contributed by atoms with Gasteiger partial charge in [-0.1, -0.05) is 6.08 Å². The van der Waals surface area contributed by atoms with Crippen LogP contribution in [0.25, 0.3) is 0 Å². The van der Waals surface area contributed by atoms with E-state index >= 15 is 0 Å². The van der Waals surface area contributed by atoms with Gasteiger partial charge in [-0.2, -0.15) is 0 Å². The lowest BCUT2D eigenvalue weighted by Crippen LogP contribution is -2.36. The van der Waals surface area contributed by atoms with Crippen molar-refractivity contribution in [2.75, 3.05) is 36.5 Å². The Kier molecular flexibility index (Phi) is 5.18. The lowest BCUT2D eigenvalue weighted by atomic mass is 10.2. The minimum Gasteiger partial charge on any atom is -0.378 e. The van der Waals surface area contributed by atoms with Gasteiger partial charge < -0.3 is 20.3 Å². The molecule has 2 rings (SSSR count). The average Bonchev–Trinajstić information content (AvgIpc) is 2.47. The number of ether oxygens (including phenoxy) is 1. The molecule has 1 aromatic carbocycles. The highest BCUT2D eigenvalue weighted by Gasteiger charge is 2.10. The number of hydrogen-bond donors (Lipinski definition) is 2. The molecule has 0 aliphatic carbocycles. The van der Waals surface area contributed by atoms with Crippen molar-refractivity contribution in [2.45, 2.75) is 6.92 Å². The zero-order chi connectivity index (χ0) is 13.5. The molecule has 1 saturated heterocycles. The summed E-state index contributed by atoms with van der Waals surface area (Å²) in [6.45, 7) is 5.45. The third-order valence-electron chi connectivity index (χ3n) is 2.88. The van der Waals surface area contributed by atoms with Gasteiger partial charge in [-0.3, -0.25) is 0 Å². The second kappa shape index (κ2) is 7.11. The third kappa shape index (κ3) is 4.22. The summed E-state index contributed by atoms with van der Waals surface area (Å²) in [5.74, 6) is 0. The minimum absolute atomic E-state index is 0.595. The van der Waals surface area contributed by atoms with Crippen LogP contribution < -0.4 is 15.5 Å². The van der Waals surface area contributed by atoms with Gasteiger partial charge in [0.15, 0.2) is 5.11 Å². The van der Waals surface area contributed by atoms with Crippen LogP contribution in [0.2, 0.25) is 0 Å². The van der Waals surface area contributed by atoms with E-state index in [0.29, 0.717) is 5.11 Å². The molecule has 1 aliphatic heterocycles. The fraction of sp³-hybridized carbons (Fsp3) is 0.357. The van der Waals surface area contributed by atoms with Crippen molar-refractivity contribution in [2.24, 2.45) is 0 Å². The van der Waals surface area contributed by atoms with E-state index in [-0.39, 0.29) is 0 Å². The van der Waals surface area contributed by atoms with Crippen molar-refractivity contribution in [3.8, 4) is 0 Å². The molecule has 0 unspecified atom stereocenters. The molecule has 0 aromatic heterocycles. The Bertz CT molecular complexity index is 439. The van der Waals surface area contributed by atoms with E-state index in [0.717, 1.165) is 32.0 Å². The van der Waals surface area contributed by atoms with Crippen molar-refractivity contribution < 1.29 is 4.74 Å². The van der Waals surface area contributed by atoms with E-state index < -0.39 is 0 Å². The van der Waals surface area contributed by atoms with Gasteiger partial charge in [-0.15, -0.1) is 0 Å². The zero-order valence-corrected chi connectivity index (χ0v) is 11.9. The SMILES string of the molecule is CC=CNC(=S)Nc1ccc(N2CCOCC2)cc1. The highest BCUT2D eigenvalue weighted by atomic mass is 32.1. The first-order chi connectivity index (χ1) is 9.29. The highest BCUT2D eigenvalue weighted by Crippen LogP contribution is 2.18. The quantitative estimate of drug-likeness (QED) is 0.829. The number of anilines is 2. The fourth-order valence-electron chi connectivity index (χ4n) is 1.90. The summed E-state index contributed by atoms with van der Waals surface area (Å²) in [5, 5.41) is 6.70. The second-order valence-corrected chi connectivity index (χ2v) is 4.65. The van der Waals surface area contributed by atoms with Crippen LogP contribution in [0, 0.1) is 0 Å². The van der Waals surface area contributed by atoms with E-state index in [2.05, 4.69) is 27.7 Å². The van der Waals surface area contributed by atoms with Gasteiger partial charge >= 0.3 is 0 Å². The fourth-order valence-corrected chi connectivity index (χ4v) is 2.09. The van der Waals surface area contributed by atoms with Crippen LogP contribution in [-0.2, 0) is 4.74 Å². The molecule has 0 spiro atoms. The van der Waals surface area contributed by atoms with Crippen LogP contribution in [0.5, 0.6) is 0 Å². The summed E-state index contributed by atoms with van der Waals surface area (Å²) >= 11 is 5.16. The van der Waals surface area contributed by atoms with Crippen LogP contribution in [0.4, 0.5) is 11.4 Å². The second-order valence-electron chi connectivity index (χ2n) is 4.24. The van der Waals surface area contributed by atoms with Gasteiger partial charge in [0.25, 0.3) is 0 Å². The Morgan fingerprint density at radius 2 is 1.95 bits per heavy atom. The third-order valence-corrected chi connectivity index (χ3v) is 3.10. The number of nitrogens with one attached hydrogen (secondary N) is 2. The van der Waals surface area contributed by atoms with Crippen LogP contribution in [-0.4, -0.2) is 31.4 Å². The molecule has 0 saturated carbocycles. The number of allylic oxidation sites excluding steroid dienone is 1. The van der Waals surface area contributed by atoms with Gasteiger partial charge in [-0.05, 0) is 49.6 Å². The maximum atomic E-state index is 5.35. The molecule has 1 fully saturated rings. The van der Waals surface area contributed by atoms with Crippen LogP contribution in [0.3, 0.4) is 0 Å². The monoisotopic (exact) mass is 277 g/mol. The zero-order valence-electron chi connectivity index (χ0n) is 11.1. The van der Waals surface area contributed by atoms with Crippen molar-refractivity contribution in [3.05, 3.63) is 36.5 Å². The van der Waals surface area contributed by atoms with Gasteiger partial charge in [0.05, 0.1) is 13.2 Å². The maximum absolute atomic E-state index is 5.35. The lowest BCUT2D eigenvalue weighted by Gasteiger charge is -2.28. The van der Waals surface area contributed by atoms with E-state index in [9.17, 15) is 0 Å². The first-order valence-corrected chi connectivity index (χ1v) is 6.82. The van der Waals surface area contributed by atoms with Crippen LogP contribution >= 0.6 is 12.2 Å². The van der Waals surface area contributed by atoms with Crippen LogP contribution in [0.1, 0.15) is 6.92 Å². The molecule has 4 nitrogen and oxygen atoms in total. The maximum Gasteiger partial charge on any atom is 0.174 e. The van der Waals surface area contributed by atoms with E-state index in [1.807, 2.05) is 25.1 Å². The smallest absolute Gasteiger partial charge is 0.174 e. The number of morpholine rings is 1. The Labute approximate surface area is 119 Å². The van der Waals surface area contributed by atoms with E-state index in [4.69, 9.17) is 17.0 Å². The summed E-state index contributed by atoms with van der Waals surface area (Å²) in [6.07, 6.45) is 3.70. The van der Waals surface area contributed by atoms with Gasteiger partial charge in [-0.25, -0.2) is 0 Å². The normalized spacial score (nSPS) is 15.5. The summed E-state index contributed by atoms with van der Waals surface area (Å²) in [5.41, 5.74) is 2.21. The van der Waals surface area contributed by atoms with Crippen molar-refractivity contribution in [1.29, 1.82) is 0 Å².